The summed E-state index contributed by atoms with van der Waals surface area (Å²) in [6.07, 6.45) is 1.71. The zero-order valence-electron chi connectivity index (χ0n) is 18.1. The highest BCUT2D eigenvalue weighted by Crippen LogP contribution is 2.31. The number of carbonyl (C=O) groups excluding carboxylic acids is 1. The molecule has 0 fully saturated rings. The zero-order chi connectivity index (χ0) is 23.8. The Hall–Kier alpha value is -3.96. The molecule has 0 aliphatic carbocycles. The van der Waals surface area contributed by atoms with Crippen molar-refractivity contribution >= 4 is 28.6 Å². The first-order chi connectivity index (χ1) is 15.6. The molecule has 4 rings (SSSR count). The number of hydrogen-bond donors (Lipinski definition) is 2. The topological polar surface area (TPSA) is 103 Å². The van der Waals surface area contributed by atoms with Crippen LogP contribution in [0.15, 0.2) is 43.0 Å². The summed E-state index contributed by atoms with van der Waals surface area (Å²) in [4.78, 5) is 24.9. The molecule has 1 amide bonds. The number of nitrogens with zero attached hydrogens (tertiary/aromatic N) is 6. The van der Waals surface area contributed by atoms with Gasteiger partial charge in [0.1, 0.15) is 12.4 Å². The van der Waals surface area contributed by atoms with Crippen LogP contribution in [0, 0.1) is 0 Å². The minimum Gasteiger partial charge on any atom is -0.345 e. The van der Waals surface area contributed by atoms with Gasteiger partial charge in [-0.15, -0.1) is 0 Å². The Kier molecular flexibility index (Phi) is 5.75. The van der Waals surface area contributed by atoms with Crippen LogP contribution in [-0.2, 0) is 7.05 Å². The van der Waals surface area contributed by atoms with Crippen LogP contribution < -0.4 is 10.6 Å². The van der Waals surface area contributed by atoms with Gasteiger partial charge in [-0.2, -0.15) is 18.3 Å². The maximum absolute atomic E-state index is 12.5. The number of carbonyl (C=O) groups is 1. The van der Waals surface area contributed by atoms with Crippen molar-refractivity contribution in [1.82, 2.24) is 29.3 Å². The Bertz CT molecular complexity index is 1310. The lowest BCUT2D eigenvalue weighted by Crippen LogP contribution is -2.22. The molecule has 0 unspecified atom stereocenters. The predicted octanol–water partition coefficient (Wildman–Crippen LogP) is 4.03. The van der Waals surface area contributed by atoms with Gasteiger partial charge in [-0.05, 0) is 26.0 Å². The van der Waals surface area contributed by atoms with Crippen LogP contribution in [-0.4, -0.2) is 47.9 Å². The molecule has 33 heavy (non-hydrogen) atoms. The lowest BCUT2D eigenvalue weighted by Gasteiger charge is -2.15. The van der Waals surface area contributed by atoms with Crippen molar-refractivity contribution in [1.29, 1.82) is 0 Å². The number of anilines is 2. The standard InChI is InChI=1S/C21H21F3N8O/c1-12(2)32-16-7-18(30-19(33)14-9-28-31(3)10-14)26-8-13(16)6-17(32)15-4-5-25-20(29-15)27-11-21(22,23)24/h4-10,12H,11H2,1-3H3,(H,25,27,29)(H,26,30,33). The Balaban J connectivity index is 1.68. The molecule has 2 N–H and O–H groups in total. The average Bonchev–Trinajstić information content (AvgIpc) is 3.35. The lowest BCUT2D eigenvalue weighted by molar-refractivity contribution is -0.115. The zero-order valence-corrected chi connectivity index (χ0v) is 18.1. The molecule has 0 aliphatic heterocycles. The third kappa shape index (κ3) is 4.94. The maximum atomic E-state index is 12.5. The van der Waals surface area contributed by atoms with Crippen molar-refractivity contribution in [3.05, 3.63) is 48.5 Å². The number of rotatable bonds is 6. The normalized spacial score (nSPS) is 11.8. The second-order valence-electron chi connectivity index (χ2n) is 7.71. The van der Waals surface area contributed by atoms with E-state index in [-0.39, 0.29) is 17.9 Å². The maximum Gasteiger partial charge on any atom is 0.405 e. The van der Waals surface area contributed by atoms with Gasteiger partial charge >= 0.3 is 6.18 Å². The van der Waals surface area contributed by atoms with E-state index in [1.807, 2.05) is 24.5 Å². The summed E-state index contributed by atoms with van der Waals surface area (Å²) in [5, 5.41) is 9.74. The number of pyridine rings is 1. The minimum atomic E-state index is -4.38. The molecule has 12 heteroatoms. The molecule has 0 saturated heterocycles. The molecule has 0 saturated carbocycles. The highest BCUT2D eigenvalue weighted by Gasteiger charge is 2.27. The molecule has 4 heterocycles. The summed E-state index contributed by atoms with van der Waals surface area (Å²) in [5.41, 5.74) is 2.34. The smallest absolute Gasteiger partial charge is 0.345 e. The molecular weight excluding hydrogens is 437 g/mol. The van der Waals surface area contributed by atoms with Crippen LogP contribution in [0.3, 0.4) is 0 Å². The number of alkyl halides is 3. The molecule has 4 aromatic heterocycles. The van der Waals surface area contributed by atoms with Crippen molar-refractivity contribution in [2.75, 3.05) is 17.2 Å². The van der Waals surface area contributed by atoms with Gasteiger partial charge in [-0.3, -0.25) is 9.48 Å². The van der Waals surface area contributed by atoms with Crippen molar-refractivity contribution < 1.29 is 18.0 Å². The Labute approximate surface area is 186 Å². The van der Waals surface area contributed by atoms with Gasteiger partial charge in [-0.25, -0.2) is 15.0 Å². The van der Waals surface area contributed by atoms with Gasteiger partial charge in [0.15, 0.2) is 0 Å². The molecule has 4 aromatic rings. The summed E-state index contributed by atoms with van der Waals surface area (Å²) in [5.74, 6) is -0.0972. The summed E-state index contributed by atoms with van der Waals surface area (Å²) < 4.78 is 41.2. The van der Waals surface area contributed by atoms with E-state index in [4.69, 9.17) is 0 Å². The van der Waals surface area contributed by atoms with E-state index in [0.717, 1.165) is 10.9 Å². The quantitative estimate of drug-likeness (QED) is 0.452. The second-order valence-corrected chi connectivity index (χ2v) is 7.71. The van der Waals surface area contributed by atoms with Crippen LogP contribution in [0.25, 0.3) is 22.3 Å². The van der Waals surface area contributed by atoms with Gasteiger partial charge in [0.05, 0.1) is 28.7 Å². The fraction of sp³-hybridized carbons (Fsp3) is 0.286. The molecule has 9 nitrogen and oxygen atoms in total. The van der Waals surface area contributed by atoms with Crippen LogP contribution in [0.5, 0.6) is 0 Å². The fourth-order valence-corrected chi connectivity index (χ4v) is 3.44. The predicted molar refractivity (Wildman–Crippen MR) is 117 cm³/mol. The Morgan fingerprint density at radius 1 is 1.18 bits per heavy atom. The minimum absolute atomic E-state index is 0.0108. The van der Waals surface area contributed by atoms with Crippen LogP contribution in [0.1, 0.15) is 30.2 Å². The van der Waals surface area contributed by atoms with Gasteiger partial charge in [-0.1, -0.05) is 0 Å². The summed E-state index contributed by atoms with van der Waals surface area (Å²) in [6.45, 7) is 2.72. The van der Waals surface area contributed by atoms with E-state index >= 15 is 0 Å². The molecule has 0 aromatic carbocycles. The van der Waals surface area contributed by atoms with E-state index in [1.54, 1.807) is 31.6 Å². The van der Waals surface area contributed by atoms with Gasteiger partial charge in [0, 0.05) is 43.1 Å². The largest absolute Gasteiger partial charge is 0.405 e. The number of amides is 1. The summed E-state index contributed by atoms with van der Waals surface area (Å²) in [7, 11) is 1.72. The van der Waals surface area contributed by atoms with Crippen molar-refractivity contribution in [3.63, 3.8) is 0 Å². The average molecular weight is 458 g/mol. The van der Waals surface area contributed by atoms with E-state index < -0.39 is 12.7 Å². The molecular formula is C21H21F3N8O. The number of nitrogens with one attached hydrogen (secondary N) is 2. The van der Waals surface area contributed by atoms with Crippen molar-refractivity contribution in [2.24, 2.45) is 7.05 Å². The van der Waals surface area contributed by atoms with Gasteiger partial charge in [0.25, 0.3) is 5.91 Å². The lowest BCUT2D eigenvalue weighted by atomic mass is 10.2. The summed E-state index contributed by atoms with van der Waals surface area (Å²) >= 11 is 0. The number of aromatic nitrogens is 6. The van der Waals surface area contributed by atoms with E-state index in [1.165, 1.54) is 17.1 Å². The monoisotopic (exact) mass is 458 g/mol. The second kappa shape index (κ2) is 8.52. The van der Waals surface area contributed by atoms with E-state index in [9.17, 15) is 18.0 Å². The Morgan fingerprint density at radius 2 is 1.97 bits per heavy atom. The molecule has 0 spiro atoms. The molecule has 0 aliphatic rings. The summed E-state index contributed by atoms with van der Waals surface area (Å²) in [6, 6.07) is 5.22. The molecule has 0 bridgehead atoms. The van der Waals surface area contributed by atoms with E-state index in [2.05, 4.69) is 30.7 Å². The SMILES string of the molecule is CC(C)n1c(-c2ccnc(NCC(F)(F)F)n2)cc2cnc(NC(=O)c3cnn(C)c3)cc21. The molecule has 172 valence electrons. The molecule has 0 radical (unpaired) electrons. The van der Waals surface area contributed by atoms with Crippen LogP contribution in [0.2, 0.25) is 0 Å². The van der Waals surface area contributed by atoms with Crippen molar-refractivity contribution in [2.45, 2.75) is 26.1 Å². The number of hydrogen-bond acceptors (Lipinski definition) is 6. The van der Waals surface area contributed by atoms with Gasteiger partial charge in [0.2, 0.25) is 5.95 Å². The fourth-order valence-electron chi connectivity index (χ4n) is 3.44. The highest BCUT2D eigenvalue weighted by molar-refractivity contribution is 6.04. The Morgan fingerprint density at radius 3 is 2.64 bits per heavy atom. The van der Waals surface area contributed by atoms with Crippen LogP contribution in [0.4, 0.5) is 24.9 Å². The number of fused-ring (bicyclic) bond motifs is 1. The van der Waals surface area contributed by atoms with Gasteiger partial charge < -0.3 is 15.2 Å². The van der Waals surface area contributed by atoms with Crippen molar-refractivity contribution in [3.8, 4) is 11.4 Å². The number of aryl methyl sites for hydroxylation is 1. The highest BCUT2D eigenvalue weighted by atomic mass is 19.4. The van der Waals surface area contributed by atoms with E-state index in [0.29, 0.717) is 22.8 Å². The first-order valence-electron chi connectivity index (χ1n) is 10.1. The first kappa shape index (κ1) is 22.2. The first-order valence-corrected chi connectivity index (χ1v) is 10.1. The van der Waals surface area contributed by atoms with Crippen LogP contribution >= 0.6 is 0 Å². The third-order valence-electron chi connectivity index (χ3n) is 4.81. The molecule has 0 atom stereocenters. The number of halogens is 3. The third-order valence-corrected chi connectivity index (χ3v) is 4.81.